The molecule has 3 aliphatic heterocycles. The van der Waals surface area contributed by atoms with E-state index in [1.54, 1.807) is 11.8 Å². The van der Waals surface area contributed by atoms with Gasteiger partial charge < -0.3 is 15.1 Å². The molecule has 4 unspecified atom stereocenters. The van der Waals surface area contributed by atoms with Crippen LogP contribution in [0.4, 0.5) is 0 Å². The minimum absolute atomic E-state index is 0.0873. The van der Waals surface area contributed by atoms with Crippen molar-refractivity contribution in [3.63, 3.8) is 0 Å². The highest BCUT2D eigenvalue weighted by Gasteiger charge is 2.59. The molecule has 0 bridgehead atoms. The number of aliphatic imine (C=N–C) groups is 1. The van der Waals surface area contributed by atoms with Gasteiger partial charge >= 0.3 is 0 Å². The Morgan fingerprint density at radius 1 is 1.14 bits per heavy atom. The van der Waals surface area contributed by atoms with Crippen molar-refractivity contribution in [2.24, 2.45) is 16.3 Å². The molecule has 0 spiro atoms. The van der Waals surface area contributed by atoms with Gasteiger partial charge in [-0.15, -0.1) is 0 Å². The first kappa shape index (κ1) is 26.9. The van der Waals surface area contributed by atoms with Crippen molar-refractivity contribution in [2.75, 3.05) is 13.1 Å². The van der Waals surface area contributed by atoms with Gasteiger partial charge in [0.25, 0.3) is 5.91 Å². The number of amides is 1. The molecule has 1 aromatic rings. The van der Waals surface area contributed by atoms with Crippen LogP contribution >= 0.6 is 35.0 Å². The zero-order chi connectivity index (χ0) is 26.7. The summed E-state index contributed by atoms with van der Waals surface area (Å²) in [5, 5.41) is 5.91. The van der Waals surface area contributed by atoms with Crippen LogP contribution in [0.2, 0.25) is 5.02 Å². The van der Waals surface area contributed by atoms with E-state index < -0.39 is 5.54 Å². The first-order chi connectivity index (χ1) is 17.4. The Hall–Kier alpha value is -1.73. The molecule has 8 heteroatoms. The molecule has 1 aliphatic carbocycles. The second-order valence-electron chi connectivity index (χ2n) is 11.6. The average molecular weight is 560 g/mol. The quantitative estimate of drug-likeness (QED) is 0.445. The molecule has 5 rings (SSSR count). The van der Waals surface area contributed by atoms with Crippen LogP contribution < -0.4 is 5.32 Å². The summed E-state index contributed by atoms with van der Waals surface area (Å²) < 4.78 is 0. The fourth-order valence-electron chi connectivity index (χ4n) is 6.22. The lowest BCUT2D eigenvalue weighted by atomic mass is 9.63. The number of benzene rings is 1. The smallest absolute Gasteiger partial charge is 0.262 e. The second kappa shape index (κ2) is 9.78. The predicted molar refractivity (Wildman–Crippen MR) is 156 cm³/mol. The standard InChI is InChI=1S/C29H36Cl2N4OS/c1-17(2)23-24(26(36)34-15-18(3)32-19(4)16-34)37-27-33-29(6,28(5)13-11-22(31)12-14-28)25(35(23)27)20-7-9-21(30)10-8-20/h7-13,17-19,25,32H,14-16H2,1-6H3/t18-,19?,25?,28?,29?/m1/s1. The van der Waals surface area contributed by atoms with Gasteiger partial charge in [0.1, 0.15) is 4.91 Å². The Bertz CT molecular complexity index is 1210. The van der Waals surface area contributed by atoms with Crippen molar-refractivity contribution in [3.8, 4) is 0 Å². The molecule has 0 radical (unpaired) electrons. The van der Waals surface area contributed by atoms with Gasteiger partial charge in [-0.1, -0.05) is 68.3 Å². The van der Waals surface area contributed by atoms with E-state index in [4.69, 9.17) is 28.2 Å². The number of amidine groups is 1. The molecule has 4 aliphatic rings. The number of carbonyl (C=O) groups is 1. The SMILES string of the molecule is CC1CN(C(=O)C2=C(C(C)C)N3C(=NC(C)(C4(C)C=CC(Cl)=CC4)C3c3ccc(Cl)cc3)S2)C[C@@H](C)N1. The number of allylic oxidation sites excluding steroid dienone is 4. The molecule has 0 aromatic heterocycles. The van der Waals surface area contributed by atoms with Gasteiger partial charge in [-0.05, 0) is 68.6 Å². The van der Waals surface area contributed by atoms with E-state index in [9.17, 15) is 4.79 Å². The lowest BCUT2D eigenvalue weighted by Gasteiger charge is -2.47. The van der Waals surface area contributed by atoms with Crippen LogP contribution in [0.25, 0.3) is 0 Å². The molecule has 1 N–H and O–H groups in total. The Morgan fingerprint density at radius 3 is 2.35 bits per heavy atom. The summed E-state index contributed by atoms with van der Waals surface area (Å²) in [6.07, 6.45) is 7.08. The van der Waals surface area contributed by atoms with Crippen LogP contribution in [0.15, 0.2) is 63.1 Å². The molecule has 1 amide bonds. The first-order valence-corrected chi connectivity index (χ1v) is 14.7. The third-order valence-corrected chi connectivity index (χ3v) is 9.86. The van der Waals surface area contributed by atoms with Crippen molar-refractivity contribution >= 4 is 46.0 Å². The minimum Gasteiger partial charge on any atom is -0.335 e. The molecule has 1 fully saturated rings. The van der Waals surface area contributed by atoms with E-state index in [1.165, 1.54) is 0 Å². The van der Waals surface area contributed by atoms with Gasteiger partial charge in [0.2, 0.25) is 0 Å². The lowest BCUT2D eigenvalue weighted by molar-refractivity contribution is -0.128. The van der Waals surface area contributed by atoms with E-state index >= 15 is 0 Å². The van der Waals surface area contributed by atoms with Crippen molar-refractivity contribution < 1.29 is 4.79 Å². The maximum atomic E-state index is 14.0. The number of piperazine rings is 1. The van der Waals surface area contributed by atoms with Crippen LogP contribution in [0.3, 0.4) is 0 Å². The van der Waals surface area contributed by atoms with Gasteiger partial charge in [-0.25, -0.2) is 0 Å². The van der Waals surface area contributed by atoms with Gasteiger partial charge in [0.15, 0.2) is 5.17 Å². The van der Waals surface area contributed by atoms with Gasteiger partial charge in [-0.2, -0.15) is 0 Å². The number of halogens is 2. The third-order valence-electron chi connectivity index (χ3n) is 8.27. The first-order valence-electron chi connectivity index (χ1n) is 13.1. The number of nitrogens with zero attached hydrogens (tertiary/aromatic N) is 3. The van der Waals surface area contributed by atoms with Crippen LogP contribution in [0.5, 0.6) is 0 Å². The van der Waals surface area contributed by atoms with Crippen LogP contribution in [0, 0.1) is 11.3 Å². The molecule has 0 saturated carbocycles. The summed E-state index contributed by atoms with van der Waals surface area (Å²) in [5.74, 6) is 0.263. The number of hydrogen-bond donors (Lipinski definition) is 1. The summed E-state index contributed by atoms with van der Waals surface area (Å²) in [4.78, 5) is 24.6. The summed E-state index contributed by atoms with van der Waals surface area (Å²) in [6, 6.07) is 8.54. The summed E-state index contributed by atoms with van der Waals surface area (Å²) in [7, 11) is 0. The number of fused-ring (bicyclic) bond motifs is 1. The highest BCUT2D eigenvalue weighted by Crippen LogP contribution is 2.59. The average Bonchev–Trinajstić information content (AvgIpc) is 3.33. The number of hydrogen-bond acceptors (Lipinski definition) is 5. The topological polar surface area (TPSA) is 47.9 Å². The fourth-order valence-corrected chi connectivity index (χ4v) is 7.86. The highest BCUT2D eigenvalue weighted by atomic mass is 35.5. The zero-order valence-corrected chi connectivity index (χ0v) is 24.7. The number of carbonyl (C=O) groups excluding carboxylic acids is 1. The third kappa shape index (κ3) is 4.58. The molecular formula is C29H36Cl2N4OS. The van der Waals surface area contributed by atoms with Gasteiger partial charge in [0.05, 0.1) is 11.6 Å². The van der Waals surface area contributed by atoms with E-state index in [0.717, 1.165) is 32.8 Å². The number of thioether (sulfide) groups is 1. The van der Waals surface area contributed by atoms with Gasteiger partial charge in [-0.3, -0.25) is 9.79 Å². The summed E-state index contributed by atoms with van der Waals surface area (Å²) in [6.45, 7) is 14.5. The van der Waals surface area contributed by atoms with Crippen molar-refractivity contribution in [1.82, 2.24) is 15.1 Å². The van der Waals surface area contributed by atoms with Crippen molar-refractivity contribution in [2.45, 2.75) is 71.6 Å². The second-order valence-corrected chi connectivity index (χ2v) is 13.4. The molecule has 1 saturated heterocycles. The summed E-state index contributed by atoms with van der Waals surface area (Å²) >= 11 is 14.2. The minimum atomic E-state index is -0.486. The van der Waals surface area contributed by atoms with E-state index in [1.807, 2.05) is 23.1 Å². The molecular weight excluding hydrogens is 523 g/mol. The van der Waals surface area contributed by atoms with Crippen LogP contribution in [-0.4, -0.2) is 51.6 Å². The monoisotopic (exact) mass is 558 g/mol. The maximum absolute atomic E-state index is 14.0. The molecule has 3 heterocycles. The molecule has 5 nitrogen and oxygen atoms in total. The Kier molecular flexibility index (Phi) is 7.10. The Balaban J connectivity index is 1.61. The number of nitrogens with one attached hydrogen (secondary N) is 1. The van der Waals surface area contributed by atoms with E-state index in [2.05, 4.69) is 76.0 Å². The van der Waals surface area contributed by atoms with Crippen molar-refractivity contribution in [1.29, 1.82) is 0 Å². The molecule has 198 valence electrons. The molecule has 5 atom stereocenters. The molecule has 1 aromatic carbocycles. The Labute approximate surface area is 235 Å². The number of rotatable bonds is 4. The molecule has 37 heavy (non-hydrogen) atoms. The largest absolute Gasteiger partial charge is 0.335 e. The van der Waals surface area contributed by atoms with Crippen LogP contribution in [-0.2, 0) is 4.79 Å². The fraction of sp³-hybridized carbons (Fsp3) is 0.517. The van der Waals surface area contributed by atoms with E-state index in [0.29, 0.717) is 18.1 Å². The normalized spacial score (nSPS) is 33.7. The lowest BCUT2D eigenvalue weighted by Crippen LogP contribution is -2.56. The van der Waals surface area contributed by atoms with Gasteiger partial charge in [0, 0.05) is 46.3 Å². The summed E-state index contributed by atoms with van der Waals surface area (Å²) in [5.41, 5.74) is 1.45. The van der Waals surface area contributed by atoms with E-state index in [-0.39, 0.29) is 35.4 Å². The Morgan fingerprint density at radius 2 is 1.78 bits per heavy atom. The highest BCUT2D eigenvalue weighted by molar-refractivity contribution is 8.18. The zero-order valence-electron chi connectivity index (χ0n) is 22.4. The maximum Gasteiger partial charge on any atom is 0.262 e. The predicted octanol–water partition coefficient (Wildman–Crippen LogP) is 6.72. The van der Waals surface area contributed by atoms with Crippen molar-refractivity contribution in [3.05, 3.63) is 68.7 Å². The van der Waals surface area contributed by atoms with Crippen LogP contribution in [0.1, 0.15) is 59.6 Å².